The molecule has 4 aliphatic rings. The van der Waals surface area contributed by atoms with E-state index < -0.39 is 0 Å². The van der Waals surface area contributed by atoms with Gasteiger partial charge >= 0.3 is 0 Å². The van der Waals surface area contributed by atoms with E-state index in [4.69, 9.17) is 0 Å². The summed E-state index contributed by atoms with van der Waals surface area (Å²) in [5.74, 6) is 0.552. The molecule has 0 saturated heterocycles. The quantitative estimate of drug-likeness (QED) is 0.158. The Kier molecular flexibility index (Phi) is 8.14. The average molecular weight is 839 g/mol. The molecule has 2 heterocycles. The Morgan fingerprint density at radius 2 is 0.758 bits per heavy atom. The molecule has 2 unspecified atom stereocenters. The second kappa shape index (κ2) is 14.5. The van der Waals surface area contributed by atoms with Crippen LogP contribution in [0.3, 0.4) is 0 Å². The second-order valence-corrected chi connectivity index (χ2v) is 18.0. The lowest BCUT2D eigenvalue weighted by molar-refractivity contribution is 0.569. The van der Waals surface area contributed by atoms with Crippen LogP contribution < -0.4 is 0 Å². The van der Waals surface area contributed by atoms with Crippen LogP contribution >= 0.6 is 0 Å². The molecule has 2 atom stereocenters. The number of nitrogens with zero attached hydrogens (tertiary/aromatic N) is 2. The summed E-state index contributed by atoms with van der Waals surface area (Å²) in [4.78, 5) is 0. The third-order valence-corrected chi connectivity index (χ3v) is 14.6. The molecule has 0 bridgehead atoms. The fraction of sp³-hybridized carbons (Fsp3) is 0.0312. The van der Waals surface area contributed by atoms with E-state index in [1.807, 2.05) is 0 Å². The Morgan fingerprint density at radius 1 is 0.303 bits per heavy atom. The van der Waals surface area contributed by atoms with E-state index in [0.717, 1.165) is 0 Å². The molecule has 308 valence electrons. The second-order valence-electron chi connectivity index (χ2n) is 18.0. The molecule has 10 aromatic rings. The summed E-state index contributed by atoms with van der Waals surface area (Å²) in [5, 5.41) is 5.08. The van der Waals surface area contributed by atoms with Gasteiger partial charge in [0.1, 0.15) is 0 Å². The summed E-state index contributed by atoms with van der Waals surface area (Å²) < 4.78 is 4.76. The van der Waals surface area contributed by atoms with Gasteiger partial charge in [0.25, 0.3) is 0 Å². The molecule has 2 heteroatoms. The molecule has 0 amide bonds. The standard InChI is InChI=1S/C64H42N2/c1-3-11-49(12-4-1)65-59-17-9-7-15-53(59)57-39-47(31-37-61(57)65)41-19-23-43(24-20-41)51-33-27-45-30-36-56-52(34-28-46-29-35-55(51)63(45)64(46)56)44-25-21-42(22-26-44)48-32-38-62-58(40-48)54-16-8-10-18-60(54)66(62)50-13-5-2-6-14-50/h1-40,63-64H. The fourth-order valence-corrected chi connectivity index (χ4v) is 11.5. The van der Waals surface area contributed by atoms with Crippen molar-refractivity contribution < 1.29 is 0 Å². The summed E-state index contributed by atoms with van der Waals surface area (Å²) in [6, 6.07) is 71.2. The van der Waals surface area contributed by atoms with Crippen LogP contribution in [-0.2, 0) is 0 Å². The first-order valence-electron chi connectivity index (χ1n) is 23.1. The Morgan fingerprint density at radius 3 is 1.35 bits per heavy atom. The van der Waals surface area contributed by atoms with Gasteiger partial charge in [0.2, 0.25) is 0 Å². The van der Waals surface area contributed by atoms with E-state index in [-0.39, 0.29) is 11.8 Å². The third kappa shape index (κ3) is 5.61. The van der Waals surface area contributed by atoms with Crippen LogP contribution in [0.1, 0.15) is 11.1 Å². The summed E-state index contributed by atoms with van der Waals surface area (Å²) in [6.07, 6.45) is 18.9. The third-order valence-electron chi connectivity index (χ3n) is 14.6. The molecule has 0 N–H and O–H groups in total. The van der Waals surface area contributed by atoms with Gasteiger partial charge in [-0.3, -0.25) is 0 Å². The molecule has 66 heavy (non-hydrogen) atoms. The van der Waals surface area contributed by atoms with Crippen molar-refractivity contribution >= 4 is 54.8 Å². The Bertz CT molecular complexity index is 3880. The topological polar surface area (TPSA) is 9.86 Å². The van der Waals surface area contributed by atoms with Crippen molar-refractivity contribution in [3.8, 4) is 33.6 Å². The Labute approximate surface area is 383 Å². The Balaban J connectivity index is 0.765. The zero-order valence-electron chi connectivity index (χ0n) is 36.1. The van der Waals surface area contributed by atoms with Crippen LogP contribution in [0.2, 0.25) is 0 Å². The molecule has 4 aliphatic carbocycles. The summed E-state index contributed by atoms with van der Waals surface area (Å²) in [7, 11) is 0. The molecule has 0 saturated carbocycles. The SMILES string of the molecule is C1=CC2=C(c3ccc(-c4ccc5c(c4)c4ccccc4n5-c4ccccc4)cc3)C=CC3=CC=C4C(c5ccc(-c6ccc7c(c6)c6ccccc6n7-c6ccccc6)cc5)=CC=C1C4C32. The van der Waals surface area contributed by atoms with Crippen LogP contribution in [0, 0.1) is 11.8 Å². The van der Waals surface area contributed by atoms with Gasteiger partial charge in [-0.15, -0.1) is 0 Å². The Hall–Kier alpha value is -8.46. The van der Waals surface area contributed by atoms with Gasteiger partial charge in [0.05, 0.1) is 22.1 Å². The lowest BCUT2D eigenvalue weighted by Gasteiger charge is -2.42. The number of hydrogen-bond donors (Lipinski definition) is 0. The first kappa shape index (κ1) is 37.0. The highest BCUT2D eigenvalue weighted by Crippen LogP contribution is 2.54. The molecule has 8 aromatic carbocycles. The van der Waals surface area contributed by atoms with Gasteiger partial charge in [-0.1, -0.05) is 182 Å². The number of allylic oxidation sites excluding steroid dienone is 14. The van der Waals surface area contributed by atoms with E-state index in [1.165, 1.54) is 122 Å². The number of rotatable bonds is 6. The lowest BCUT2D eigenvalue weighted by atomic mass is 9.61. The minimum Gasteiger partial charge on any atom is -0.309 e. The predicted octanol–water partition coefficient (Wildman–Crippen LogP) is 16.2. The monoisotopic (exact) mass is 838 g/mol. The van der Waals surface area contributed by atoms with Crippen molar-refractivity contribution in [2.24, 2.45) is 11.8 Å². The highest BCUT2D eigenvalue weighted by Gasteiger charge is 2.40. The summed E-state index contributed by atoms with van der Waals surface area (Å²) >= 11 is 0. The molecule has 0 radical (unpaired) electrons. The molecule has 0 aliphatic heterocycles. The van der Waals surface area contributed by atoms with Crippen LogP contribution in [0.4, 0.5) is 0 Å². The molecule has 14 rings (SSSR count). The van der Waals surface area contributed by atoms with Crippen molar-refractivity contribution in [3.63, 3.8) is 0 Å². The zero-order valence-corrected chi connectivity index (χ0v) is 36.1. The van der Waals surface area contributed by atoms with E-state index in [1.54, 1.807) is 0 Å². The van der Waals surface area contributed by atoms with E-state index in [0.29, 0.717) is 0 Å². The van der Waals surface area contributed by atoms with Crippen molar-refractivity contribution in [3.05, 3.63) is 276 Å². The molecular formula is C64H42N2. The highest BCUT2D eigenvalue weighted by molar-refractivity contribution is 6.11. The zero-order chi connectivity index (χ0) is 43.3. The van der Waals surface area contributed by atoms with Gasteiger partial charge in [0, 0.05) is 44.8 Å². The van der Waals surface area contributed by atoms with E-state index in [2.05, 4.69) is 252 Å². The first-order valence-corrected chi connectivity index (χ1v) is 23.1. The minimum absolute atomic E-state index is 0.276. The van der Waals surface area contributed by atoms with Crippen molar-refractivity contribution in [2.45, 2.75) is 0 Å². The smallest absolute Gasteiger partial charge is 0.0541 e. The number of fused-ring (bicyclic) bond motifs is 6. The number of aromatic nitrogens is 2. The number of benzene rings is 8. The normalized spacial score (nSPS) is 17.3. The summed E-state index contributed by atoms with van der Waals surface area (Å²) in [6.45, 7) is 0. The van der Waals surface area contributed by atoms with E-state index >= 15 is 0 Å². The minimum atomic E-state index is 0.276. The average Bonchev–Trinajstić information content (AvgIpc) is 3.91. The molecular weight excluding hydrogens is 797 g/mol. The largest absolute Gasteiger partial charge is 0.309 e. The molecule has 0 fully saturated rings. The van der Waals surface area contributed by atoms with Crippen molar-refractivity contribution in [1.82, 2.24) is 9.13 Å². The van der Waals surface area contributed by atoms with Gasteiger partial charge < -0.3 is 9.13 Å². The fourth-order valence-electron chi connectivity index (χ4n) is 11.5. The van der Waals surface area contributed by atoms with Gasteiger partial charge in [-0.25, -0.2) is 0 Å². The van der Waals surface area contributed by atoms with E-state index in [9.17, 15) is 0 Å². The van der Waals surface area contributed by atoms with Gasteiger partial charge in [0.15, 0.2) is 0 Å². The first-order chi connectivity index (χ1) is 32.7. The predicted molar refractivity (Wildman–Crippen MR) is 277 cm³/mol. The van der Waals surface area contributed by atoms with Crippen LogP contribution in [0.5, 0.6) is 0 Å². The maximum absolute atomic E-state index is 2.38. The molecule has 2 aromatic heterocycles. The van der Waals surface area contributed by atoms with Gasteiger partial charge in [-0.2, -0.15) is 0 Å². The summed E-state index contributed by atoms with van der Waals surface area (Å²) in [5.41, 5.74) is 22.9. The number of hydrogen-bond acceptors (Lipinski definition) is 0. The molecule has 2 nitrogen and oxygen atoms in total. The van der Waals surface area contributed by atoms with Crippen molar-refractivity contribution in [2.75, 3.05) is 0 Å². The molecule has 0 spiro atoms. The maximum atomic E-state index is 2.38. The van der Waals surface area contributed by atoms with Crippen LogP contribution in [0.15, 0.2) is 265 Å². The highest BCUT2D eigenvalue weighted by atomic mass is 15.0. The van der Waals surface area contributed by atoms with Crippen LogP contribution in [0.25, 0.3) is 88.4 Å². The van der Waals surface area contributed by atoms with Crippen LogP contribution in [-0.4, -0.2) is 9.13 Å². The van der Waals surface area contributed by atoms with Gasteiger partial charge in [-0.05, 0) is 127 Å². The number of para-hydroxylation sites is 4. The van der Waals surface area contributed by atoms with Crippen molar-refractivity contribution in [1.29, 1.82) is 0 Å². The maximum Gasteiger partial charge on any atom is 0.0541 e. The lowest BCUT2D eigenvalue weighted by Crippen LogP contribution is -2.30.